The van der Waals surface area contributed by atoms with Gasteiger partial charge in [0.25, 0.3) is 0 Å². The summed E-state index contributed by atoms with van der Waals surface area (Å²) < 4.78 is 0. The van der Waals surface area contributed by atoms with Crippen molar-refractivity contribution in [1.82, 2.24) is 10.2 Å². The summed E-state index contributed by atoms with van der Waals surface area (Å²) in [5.41, 5.74) is 0.939. The molecule has 1 amide bonds. The van der Waals surface area contributed by atoms with Crippen molar-refractivity contribution in [2.45, 2.75) is 25.8 Å². The van der Waals surface area contributed by atoms with E-state index in [-0.39, 0.29) is 11.8 Å². The van der Waals surface area contributed by atoms with Gasteiger partial charge < -0.3 is 5.32 Å². The third-order valence-corrected chi connectivity index (χ3v) is 3.54. The minimum absolute atomic E-state index is 0.00604. The van der Waals surface area contributed by atoms with Crippen LogP contribution in [-0.4, -0.2) is 29.6 Å². The maximum Gasteiger partial charge on any atom is 0.239 e. The zero-order valence-corrected chi connectivity index (χ0v) is 13.5. The van der Waals surface area contributed by atoms with Gasteiger partial charge in [-0.2, -0.15) is 0 Å². The molecule has 0 aromatic heterocycles. The zero-order valence-electron chi connectivity index (χ0n) is 12.7. The van der Waals surface area contributed by atoms with Gasteiger partial charge in [0, 0.05) is 42.4 Å². The first kappa shape index (κ1) is 16.5. The van der Waals surface area contributed by atoms with Crippen molar-refractivity contribution in [2.24, 2.45) is 4.99 Å². The van der Waals surface area contributed by atoms with Crippen LogP contribution in [0, 0.1) is 0 Å². The number of nitrogens with zero attached hydrogens (tertiary/aromatic N) is 2. The Balaban J connectivity index is 2.23. The van der Waals surface area contributed by atoms with Crippen LogP contribution in [0.15, 0.2) is 53.9 Å². The van der Waals surface area contributed by atoms with E-state index >= 15 is 0 Å². The maximum absolute atomic E-state index is 12.8. The van der Waals surface area contributed by atoms with Crippen molar-refractivity contribution >= 4 is 23.7 Å². The molecule has 1 aliphatic rings. The van der Waals surface area contributed by atoms with Crippen molar-refractivity contribution < 1.29 is 4.79 Å². The second-order valence-electron chi connectivity index (χ2n) is 5.35. The van der Waals surface area contributed by atoms with Crippen molar-refractivity contribution in [3.05, 3.63) is 59.5 Å². The summed E-state index contributed by atoms with van der Waals surface area (Å²) in [4.78, 5) is 18.4. The average molecular weight is 318 g/mol. The summed E-state index contributed by atoms with van der Waals surface area (Å²) in [6.45, 7) is 4.68. The van der Waals surface area contributed by atoms with Crippen LogP contribution in [0.5, 0.6) is 0 Å². The molecule has 0 saturated heterocycles. The fraction of sp³-hybridized carbons (Fsp3) is 0.294. The molecule has 0 aliphatic carbocycles. The second-order valence-corrected chi connectivity index (χ2v) is 5.79. The van der Waals surface area contributed by atoms with Crippen LogP contribution in [-0.2, 0) is 4.79 Å². The van der Waals surface area contributed by atoms with Crippen LogP contribution in [0.4, 0.5) is 0 Å². The Kier molecular flexibility index (Phi) is 5.92. The first-order chi connectivity index (χ1) is 10.6. The smallest absolute Gasteiger partial charge is 0.239 e. The minimum Gasteiger partial charge on any atom is -0.313 e. The van der Waals surface area contributed by atoms with Crippen LogP contribution in [0.3, 0.4) is 0 Å². The van der Waals surface area contributed by atoms with E-state index < -0.39 is 0 Å². The van der Waals surface area contributed by atoms with Gasteiger partial charge in [-0.05, 0) is 23.8 Å². The van der Waals surface area contributed by atoms with Gasteiger partial charge in [-0.3, -0.25) is 14.7 Å². The van der Waals surface area contributed by atoms with Gasteiger partial charge in [0.1, 0.15) is 0 Å². The van der Waals surface area contributed by atoms with Gasteiger partial charge in [-0.1, -0.05) is 37.6 Å². The Labute approximate surface area is 136 Å². The van der Waals surface area contributed by atoms with Crippen LogP contribution in [0.25, 0.3) is 0 Å². The number of allylic oxidation sites excluding steroid dienone is 1. The largest absolute Gasteiger partial charge is 0.313 e. The molecule has 1 aromatic carbocycles. The lowest BCUT2D eigenvalue weighted by atomic mass is 9.97. The molecule has 116 valence electrons. The lowest BCUT2D eigenvalue weighted by Gasteiger charge is -2.23. The molecular weight excluding hydrogens is 298 g/mol. The minimum atomic E-state index is -0.285. The molecule has 5 heteroatoms. The Hall–Kier alpha value is -1.91. The number of hydrogen-bond donors (Lipinski definition) is 1. The van der Waals surface area contributed by atoms with E-state index in [9.17, 15) is 4.79 Å². The zero-order chi connectivity index (χ0) is 15.9. The van der Waals surface area contributed by atoms with Gasteiger partial charge in [0.2, 0.25) is 5.91 Å². The Morgan fingerprint density at radius 1 is 1.27 bits per heavy atom. The fourth-order valence-corrected chi connectivity index (χ4v) is 2.24. The van der Waals surface area contributed by atoms with Crippen molar-refractivity contribution in [2.75, 3.05) is 6.54 Å². The molecule has 0 bridgehead atoms. The number of nitrogens with one attached hydrogen (secondary N) is 1. The highest BCUT2D eigenvalue weighted by atomic mass is 35.5. The summed E-state index contributed by atoms with van der Waals surface area (Å²) >= 11 is 5.94. The maximum atomic E-state index is 12.8. The lowest BCUT2D eigenvalue weighted by Crippen LogP contribution is -2.36. The molecule has 0 fully saturated rings. The van der Waals surface area contributed by atoms with Crippen molar-refractivity contribution in [3.63, 3.8) is 0 Å². The third-order valence-electron chi connectivity index (χ3n) is 3.29. The van der Waals surface area contributed by atoms with Gasteiger partial charge in [-0.25, -0.2) is 0 Å². The standard InChI is InChI=1S/C17H20ClN3O/c1-13(2)20-12-16(14-4-6-15(18)7-5-14)17(22)21-10-3-8-19-9-11-21/h3-11,13,16,20H,12H2,1-2H3/t16-/m1/s1. The molecule has 1 N–H and O–H groups in total. The molecule has 1 heterocycles. The topological polar surface area (TPSA) is 44.7 Å². The predicted octanol–water partition coefficient (Wildman–Crippen LogP) is 3.32. The van der Waals surface area contributed by atoms with Crippen LogP contribution >= 0.6 is 11.6 Å². The number of hydrogen-bond acceptors (Lipinski definition) is 3. The van der Waals surface area contributed by atoms with Gasteiger partial charge in [0.15, 0.2) is 0 Å². The Bertz CT molecular complexity index is 574. The van der Waals surface area contributed by atoms with Gasteiger partial charge in [0.05, 0.1) is 5.92 Å². The number of rotatable bonds is 5. The second kappa shape index (κ2) is 7.92. The molecule has 1 aromatic rings. The molecule has 1 aliphatic heterocycles. The average Bonchev–Trinajstić information content (AvgIpc) is 2.78. The highest BCUT2D eigenvalue weighted by Crippen LogP contribution is 2.21. The molecule has 2 rings (SSSR count). The van der Waals surface area contributed by atoms with Gasteiger partial charge >= 0.3 is 0 Å². The van der Waals surface area contributed by atoms with Crippen LogP contribution in [0.2, 0.25) is 5.02 Å². The molecule has 4 nitrogen and oxygen atoms in total. The highest BCUT2D eigenvalue weighted by Gasteiger charge is 2.24. The summed E-state index contributed by atoms with van der Waals surface area (Å²) in [6.07, 6.45) is 8.38. The van der Waals surface area contributed by atoms with E-state index in [1.54, 1.807) is 35.8 Å². The number of benzene rings is 1. The highest BCUT2D eigenvalue weighted by molar-refractivity contribution is 6.30. The summed E-state index contributed by atoms with van der Waals surface area (Å²) in [5.74, 6) is -0.291. The molecule has 0 unspecified atom stereocenters. The SMILES string of the molecule is CC(C)NC[C@@H](C(=O)N1C=CC=NC=C1)c1ccc(Cl)cc1. The first-order valence-electron chi connectivity index (χ1n) is 7.25. The number of carbonyl (C=O) groups excluding carboxylic acids is 1. The van der Waals surface area contributed by atoms with E-state index in [1.807, 2.05) is 24.3 Å². The number of halogens is 1. The molecule has 1 atom stereocenters. The predicted molar refractivity (Wildman–Crippen MR) is 90.9 cm³/mol. The monoisotopic (exact) mass is 317 g/mol. The quantitative estimate of drug-likeness (QED) is 0.905. The first-order valence-corrected chi connectivity index (χ1v) is 7.63. The van der Waals surface area contributed by atoms with Gasteiger partial charge in [-0.15, -0.1) is 0 Å². The summed E-state index contributed by atoms with van der Waals surface area (Å²) in [6, 6.07) is 7.72. The summed E-state index contributed by atoms with van der Waals surface area (Å²) in [5, 5.41) is 4.00. The fourth-order valence-electron chi connectivity index (χ4n) is 2.11. The Morgan fingerprint density at radius 3 is 2.68 bits per heavy atom. The number of aliphatic imine (C=N–C) groups is 1. The molecule has 0 saturated carbocycles. The molecule has 0 radical (unpaired) electrons. The number of carbonyl (C=O) groups is 1. The van der Waals surface area contributed by atoms with E-state index in [1.165, 1.54) is 0 Å². The van der Waals surface area contributed by atoms with Crippen molar-refractivity contribution in [3.8, 4) is 0 Å². The molecule has 0 spiro atoms. The molecule has 22 heavy (non-hydrogen) atoms. The summed E-state index contributed by atoms with van der Waals surface area (Å²) in [7, 11) is 0. The normalized spacial score (nSPS) is 15.2. The lowest BCUT2D eigenvalue weighted by molar-refractivity contribution is -0.128. The van der Waals surface area contributed by atoms with Crippen molar-refractivity contribution in [1.29, 1.82) is 0 Å². The van der Waals surface area contributed by atoms with E-state index in [4.69, 9.17) is 11.6 Å². The van der Waals surface area contributed by atoms with E-state index in [2.05, 4.69) is 24.2 Å². The van der Waals surface area contributed by atoms with Crippen LogP contribution < -0.4 is 5.32 Å². The van der Waals surface area contributed by atoms with E-state index in [0.717, 1.165) is 5.56 Å². The van der Waals surface area contributed by atoms with Crippen LogP contribution in [0.1, 0.15) is 25.3 Å². The van der Waals surface area contributed by atoms with E-state index in [0.29, 0.717) is 17.6 Å². The molecular formula is C17H20ClN3O. The Morgan fingerprint density at radius 2 is 2.00 bits per heavy atom. The number of amides is 1. The third kappa shape index (κ3) is 4.55.